The lowest BCUT2D eigenvalue weighted by molar-refractivity contribution is 0.575. The molecule has 5 nitrogen and oxygen atoms in total. The maximum absolute atomic E-state index is 6.09. The second kappa shape index (κ2) is 8.12. The molecule has 5 heteroatoms. The topological polar surface area (TPSA) is 65.0 Å². The fraction of sp³-hybridized carbons (Fsp3) is 0.0690. The number of allylic oxidation sites excluding steroid dienone is 2. The van der Waals surface area contributed by atoms with Crippen LogP contribution in [0.5, 0.6) is 0 Å². The molecule has 3 heterocycles. The Bertz CT molecular complexity index is 1840. The summed E-state index contributed by atoms with van der Waals surface area (Å²) in [6, 6.07) is 22.0. The molecule has 0 bridgehead atoms. The second-order valence-corrected chi connectivity index (χ2v) is 8.05. The van der Waals surface area contributed by atoms with E-state index in [2.05, 4.69) is 16.0 Å². The van der Waals surface area contributed by atoms with Crippen LogP contribution >= 0.6 is 0 Å². The zero-order valence-corrected chi connectivity index (χ0v) is 18.8. The molecule has 0 unspecified atom stereocenters. The van der Waals surface area contributed by atoms with E-state index in [1.165, 1.54) is 0 Å². The van der Waals surface area contributed by atoms with Crippen molar-refractivity contribution in [2.75, 3.05) is 0 Å². The minimum atomic E-state index is 0.578. The Labute approximate surface area is 195 Å². The SMILES string of the molecule is C/C=C\C=c1\oc2ccccc2c1=Cc1nc(C)nc(-c2cccc3oc4ccccc4c23)n1. The first-order valence-electron chi connectivity index (χ1n) is 11.2. The van der Waals surface area contributed by atoms with Crippen LogP contribution < -0.4 is 10.6 Å². The van der Waals surface area contributed by atoms with Crippen LogP contribution in [-0.2, 0) is 0 Å². The van der Waals surface area contributed by atoms with E-state index in [1.54, 1.807) is 0 Å². The van der Waals surface area contributed by atoms with Crippen molar-refractivity contribution in [3.05, 3.63) is 101 Å². The van der Waals surface area contributed by atoms with Crippen LogP contribution in [0.3, 0.4) is 0 Å². The molecule has 164 valence electrons. The highest BCUT2D eigenvalue weighted by molar-refractivity contribution is 6.11. The van der Waals surface area contributed by atoms with E-state index < -0.39 is 0 Å². The summed E-state index contributed by atoms with van der Waals surface area (Å²) in [5, 5.41) is 4.00. The standard InChI is InChI=1S/C29H21N3O2/c1-3-4-13-25-22(19-10-5-7-14-23(19)33-25)17-27-30-18(2)31-29(32-27)21-12-9-16-26-28(21)20-11-6-8-15-24(20)34-26/h3-17H,1-2H3/b4-3-,22-17?,25-13+. The van der Waals surface area contributed by atoms with Crippen molar-refractivity contribution in [3.63, 3.8) is 0 Å². The first-order chi connectivity index (χ1) is 16.7. The van der Waals surface area contributed by atoms with Crippen molar-refractivity contribution >= 4 is 45.1 Å². The minimum Gasteiger partial charge on any atom is -0.456 e. The third-order valence-electron chi connectivity index (χ3n) is 5.78. The molecule has 6 rings (SSSR count). The Morgan fingerprint density at radius 1 is 0.735 bits per heavy atom. The Kier molecular flexibility index (Phi) is 4.81. The van der Waals surface area contributed by atoms with Gasteiger partial charge < -0.3 is 8.83 Å². The van der Waals surface area contributed by atoms with Gasteiger partial charge in [0.2, 0.25) is 0 Å². The van der Waals surface area contributed by atoms with Crippen molar-refractivity contribution in [3.8, 4) is 11.4 Å². The molecular formula is C29H21N3O2. The summed E-state index contributed by atoms with van der Waals surface area (Å²) < 4.78 is 12.2. The van der Waals surface area contributed by atoms with Gasteiger partial charge in [-0.25, -0.2) is 15.0 Å². The number of furan rings is 2. The van der Waals surface area contributed by atoms with Crippen molar-refractivity contribution in [2.24, 2.45) is 0 Å². The smallest absolute Gasteiger partial charge is 0.164 e. The molecule has 3 aromatic heterocycles. The predicted molar refractivity (Wildman–Crippen MR) is 136 cm³/mol. The average molecular weight is 444 g/mol. The molecule has 0 fully saturated rings. The number of para-hydroxylation sites is 2. The quantitative estimate of drug-likeness (QED) is 0.352. The lowest BCUT2D eigenvalue weighted by atomic mass is 10.1. The summed E-state index contributed by atoms with van der Waals surface area (Å²) >= 11 is 0. The Balaban J connectivity index is 1.61. The fourth-order valence-electron chi connectivity index (χ4n) is 4.32. The van der Waals surface area contributed by atoms with Crippen molar-refractivity contribution in [1.29, 1.82) is 0 Å². The van der Waals surface area contributed by atoms with Crippen LogP contribution in [0, 0.1) is 6.92 Å². The van der Waals surface area contributed by atoms with Crippen LogP contribution in [0.2, 0.25) is 0 Å². The molecule has 0 spiro atoms. The van der Waals surface area contributed by atoms with Gasteiger partial charge in [-0.2, -0.15) is 0 Å². The monoisotopic (exact) mass is 443 g/mol. The number of benzene rings is 3. The first kappa shape index (κ1) is 20.1. The van der Waals surface area contributed by atoms with Gasteiger partial charge in [-0.3, -0.25) is 0 Å². The van der Waals surface area contributed by atoms with Gasteiger partial charge in [0, 0.05) is 26.9 Å². The maximum atomic E-state index is 6.09. The summed E-state index contributed by atoms with van der Waals surface area (Å²) in [5.41, 5.74) is 4.16. The number of rotatable bonds is 3. The lowest BCUT2D eigenvalue weighted by Crippen LogP contribution is -2.20. The summed E-state index contributed by atoms with van der Waals surface area (Å²) in [6.45, 7) is 3.86. The third kappa shape index (κ3) is 3.39. The molecule has 0 saturated carbocycles. The number of fused-ring (bicyclic) bond motifs is 4. The Hall–Kier alpha value is -4.51. The molecule has 0 amide bonds. The highest BCUT2D eigenvalue weighted by atomic mass is 16.3. The van der Waals surface area contributed by atoms with Gasteiger partial charge in [0.1, 0.15) is 28.0 Å². The van der Waals surface area contributed by atoms with Gasteiger partial charge in [-0.1, -0.05) is 60.7 Å². The van der Waals surface area contributed by atoms with E-state index in [4.69, 9.17) is 13.8 Å². The molecule has 6 aromatic rings. The van der Waals surface area contributed by atoms with Crippen molar-refractivity contribution in [2.45, 2.75) is 13.8 Å². The number of aromatic nitrogens is 3. The van der Waals surface area contributed by atoms with Gasteiger partial charge in [-0.05, 0) is 44.2 Å². The van der Waals surface area contributed by atoms with Crippen LogP contribution in [0.1, 0.15) is 18.6 Å². The van der Waals surface area contributed by atoms with E-state index in [-0.39, 0.29) is 0 Å². The number of hydrogen-bond acceptors (Lipinski definition) is 5. The van der Waals surface area contributed by atoms with Gasteiger partial charge in [-0.15, -0.1) is 0 Å². The minimum absolute atomic E-state index is 0.578. The van der Waals surface area contributed by atoms with E-state index in [9.17, 15) is 0 Å². The van der Waals surface area contributed by atoms with Crippen LogP contribution in [-0.4, -0.2) is 15.0 Å². The van der Waals surface area contributed by atoms with Gasteiger partial charge in [0.15, 0.2) is 11.6 Å². The molecule has 0 radical (unpaired) electrons. The van der Waals surface area contributed by atoms with E-state index in [0.717, 1.165) is 49.1 Å². The van der Waals surface area contributed by atoms with Gasteiger partial charge >= 0.3 is 0 Å². The maximum Gasteiger partial charge on any atom is 0.164 e. The highest BCUT2D eigenvalue weighted by Crippen LogP contribution is 2.35. The summed E-state index contributed by atoms with van der Waals surface area (Å²) in [6.07, 6.45) is 7.86. The van der Waals surface area contributed by atoms with Crippen LogP contribution in [0.25, 0.3) is 56.4 Å². The lowest BCUT2D eigenvalue weighted by Gasteiger charge is -2.04. The highest BCUT2D eigenvalue weighted by Gasteiger charge is 2.15. The second-order valence-electron chi connectivity index (χ2n) is 8.05. The number of aryl methyl sites for hydroxylation is 1. The van der Waals surface area contributed by atoms with Crippen LogP contribution in [0.4, 0.5) is 0 Å². The first-order valence-corrected chi connectivity index (χ1v) is 11.2. The van der Waals surface area contributed by atoms with Gasteiger partial charge in [0.05, 0.1) is 0 Å². The largest absolute Gasteiger partial charge is 0.456 e. The third-order valence-corrected chi connectivity index (χ3v) is 5.78. The fourth-order valence-corrected chi connectivity index (χ4v) is 4.32. The molecule has 0 atom stereocenters. The Morgan fingerprint density at radius 3 is 2.29 bits per heavy atom. The molecule has 0 aliphatic carbocycles. The molecule has 0 saturated heterocycles. The predicted octanol–water partition coefficient (Wildman–Crippen LogP) is 5.68. The molecule has 0 N–H and O–H groups in total. The Morgan fingerprint density at radius 2 is 1.47 bits per heavy atom. The number of nitrogens with zero attached hydrogens (tertiary/aromatic N) is 3. The summed E-state index contributed by atoms with van der Waals surface area (Å²) in [5.74, 6) is 1.84. The van der Waals surface area contributed by atoms with Crippen LogP contribution in [0.15, 0.2) is 87.7 Å². The molecule has 0 aliphatic rings. The van der Waals surface area contributed by atoms with E-state index >= 15 is 0 Å². The van der Waals surface area contributed by atoms with Gasteiger partial charge in [0.25, 0.3) is 0 Å². The summed E-state index contributed by atoms with van der Waals surface area (Å²) in [7, 11) is 0. The molecular weight excluding hydrogens is 422 g/mol. The number of hydrogen-bond donors (Lipinski definition) is 0. The van der Waals surface area contributed by atoms with E-state index in [1.807, 2.05) is 98.8 Å². The zero-order valence-electron chi connectivity index (χ0n) is 18.8. The summed E-state index contributed by atoms with van der Waals surface area (Å²) in [4.78, 5) is 14.1. The normalized spacial score (nSPS) is 13.2. The molecule has 3 aromatic carbocycles. The molecule has 34 heavy (non-hydrogen) atoms. The zero-order chi connectivity index (χ0) is 23.1. The van der Waals surface area contributed by atoms with Crippen molar-refractivity contribution in [1.82, 2.24) is 15.0 Å². The average Bonchev–Trinajstić information content (AvgIpc) is 3.40. The molecule has 0 aliphatic heterocycles. The van der Waals surface area contributed by atoms with Crippen molar-refractivity contribution < 1.29 is 8.83 Å². The van der Waals surface area contributed by atoms with E-state index in [0.29, 0.717) is 17.5 Å².